The van der Waals surface area contributed by atoms with E-state index >= 15 is 0 Å². The molecule has 3 rings (SSSR count). The Labute approximate surface area is 189 Å². The highest BCUT2D eigenvalue weighted by atomic mass is 35.5. The van der Waals surface area contributed by atoms with Crippen molar-refractivity contribution in [2.24, 2.45) is 11.5 Å². The van der Waals surface area contributed by atoms with Crippen molar-refractivity contribution in [1.82, 2.24) is 0 Å². The molecular formula is C21H22Cl2N2O6. The normalized spacial score (nSPS) is 12.3. The van der Waals surface area contributed by atoms with E-state index in [1.165, 1.54) is 12.1 Å². The lowest BCUT2D eigenvalue weighted by Gasteiger charge is -2.16. The zero-order valence-electron chi connectivity index (χ0n) is 16.2. The van der Waals surface area contributed by atoms with Crippen LogP contribution < -0.4 is 16.9 Å². The first kappa shape index (κ1) is 26.1. The third-order valence-corrected chi connectivity index (χ3v) is 4.65. The molecule has 2 aromatic carbocycles. The minimum atomic E-state index is -1.26. The zero-order chi connectivity index (χ0) is 21.1. The van der Waals surface area contributed by atoms with Crippen LogP contribution >= 0.6 is 24.8 Å². The number of fused-ring (bicyclic) bond motifs is 1. The van der Waals surface area contributed by atoms with Gasteiger partial charge in [0.1, 0.15) is 23.4 Å². The number of aliphatic carboxylic acids is 2. The maximum absolute atomic E-state index is 12.7. The van der Waals surface area contributed by atoms with E-state index in [4.69, 9.17) is 21.0 Å². The molecule has 1 aromatic heterocycles. The first-order valence-corrected chi connectivity index (χ1v) is 8.88. The summed E-state index contributed by atoms with van der Waals surface area (Å²) in [6, 6.07) is 11.0. The Morgan fingerprint density at radius 3 is 2.06 bits per heavy atom. The van der Waals surface area contributed by atoms with Crippen LogP contribution in [0.2, 0.25) is 0 Å². The smallest absolute Gasteiger partial charge is 0.320 e. The summed E-state index contributed by atoms with van der Waals surface area (Å²) in [4.78, 5) is 35.1. The molecule has 0 fully saturated rings. The fraction of sp³-hybridized carbons (Fsp3) is 0.190. The lowest BCUT2D eigenvalue weighted by atomic mass is 9.93. The van der Waals surface area contributed by atoms with E-state index < -0.39 is 24.0 Å². The van der Waals surface area contributed by atoms with E-state index in [1.807, 2.05) is 6.07 Å². The van der Waals surface area contributed by atoms with Crippen molar-refractivity contribution < 1.29 is 24.2 Å². The van der Waals surface area contributed by atoms with Crippen LogP contribution in [0.1, 0.15) is 11.1 Å². The van der Waals surface area contributed by atoms with E-state index in [0.717, 1.165) is 0 Å². The molecule has 166 valence electrons. The van der Waals surface area contributed by atoms with Gasteiger partial charge in [0.2, 0.25) is 0 Å². The van der Waals surface area contributed by atoms with Crippen LogP contribution in [0.3, 0.4) is 0 Å². The Bertz CT molecular complexity index is 1130. The van der Waals surface area contributed by atoms with Gasteiger partial charge in [0.15, 0.2) is 5.43 Å². The molecule has 0 saturated carbocycles. The van der Waals surface area contributed by atoms with Gasteiger partial charge in [-0.05, 0) is 18.1 Å². The Balaban J connectivity index is 0.00000240. The molecule has 31 heavy (non-hydrogen) atoms. The van der Waals surface area contributed by atoms with E-state index in [0.29, 0.717) is 22.5 Å². The number of carbonyl (C=O) groups is 2. The standard InChI is InChI=1S/C21H20N2O6.2ClH/c22-15(20(25)26)8-12-6-7-13-17(24)10-18(11-4-2-1-3-5-11)29-19(13)14(12)9-16(23)21(27)28;;/h1-7,10,15-16H,8-9,22-23H2,(H,25,26)(H,27,28);2*1H/t15-,16?;;/m0../s1. The van der Waals surface area contributed by atoms with Crippen molar-refractivity contribution in [1.29, 1.82) is 0 Å². The number of rotatable bonds is 7. The largest absolute Gasteiger partial charge is 0.480 e. The highest BCUT2D eigenvalue weighted by Gasteiger charge is 2.22. The SMILES string of the molecule is Cl.Cl.NC(Cc1c(C[C@H](N)C(=O)O)ccc2c(=O)cc(-c3ccccc3)oc12)C(=O)O. The van der Waals surface area contributed by atoms with Crippen molar-refractivity contribution in [3.8, 4) is 11.3 Å². The molecule has 1 heterocycles. The maximum Gasteiger partial charge on any atom is 0.320 e. The topological polar surface area (TPSA) is 157 Å². The number of hydrogen-bond donors (Lipinski definition) is 4. The van der Waals surface area contributed by atoms with Crippen molar-refractivity contribution in [3.05, 3.63) is 69.9 Å². The van der Waals surface area contributed by atoms with E-state index in [2.05, 4.69) is 0 Å². The predicted octanol–water partition coefficient (Wildman–Crippen LogP) is 2.21. The molecule has 6 N–H and O–H groups in total. The molecule has 3 aromatic rings. The molecule has 0 spiro atoms. The van der Waals surface area contributed by atoms with Crippen LogP contribution in [-0.4, -0.2) is 34.2 Å². The van der Waals surface area contributed by atoms with Gasteiger partial charge in [0.05, 0.1) is 5.39 Å². The van der Waals surface area contributed by atoms with E-state index in [1.54, 1.807) is 30.3 Å². The molecule has 10 heteroatoms. The second-order valence-corrected chi connectivity index (χ2v) is 6.72. The first-order valence-electron chi connectivity index (χ1n) is 8.88. The molecule has 2 atom stereocenters. The van der Waals surface area contributed by atoms with Gasteiger partial charge < -0.3 is 26.1 Å². The number of benzene rings is 2. The fourth-order valence-corrected chi connectivity index (χ4v) is 3.11. The van der Waals surface area contributed by atoms with Gasteiger partial charge in [0, 0.05) is 23.6 Å². The van der Waals surface area contributed by atoms with Gasteiger partial charge in [-0.15, -0.1) is 24.8 Å². The first-order chi connectivity index (χ1) is 13.8. The highest BCUT2D eigenvalue weighted by Crippen LogP contribution is 2.28. The monoisotopic (exact) mass is 468 g/mol. The predicted molar refractivity (Wildman–Crippen MR) is 121 cm³/mol. The number of carboxylic acid groups (broad SMARTS) is 2. The van der Waals surface area contributed by atoms with Crippen LogP contribution in [0.25, 0.3) is 22.3 Å². The van der Waals surface area contributed by atoms with Gasteiger partial charge in [-0.1, -0.05) is 36.4 Å². The summed E-state index contributed by atoms with van der Waals surface area (Å²) in [5.41, 5.74) is 12.8. The number of hydrogen-bond acceptors (Lipinski definition) is 6. The van der Waals surface area contributed by atoms with Crippen molar-refractivity contribution in [2.75, 3.05) is 0 Å². The number of nitrogens with two attached hydrogens (primary N) is 2. The Morgan fingerprint density at radius 1 is 0.903 bits per heavy atom. The summed E-state index contributed by atoms with van der Waals surface area (Å²) < 4.78 is 5.99. The average Bonchev–Trinajstić information content (AvgIpc) is 2.69. The van der Waals surface area contributed by atoms with Crippen LogP contribution in [0.4, 0.5) is 0 Å². The zero-order valence-corrected chi connectivity index (χ0v) is 17.8. The Hall–Kier alpha value is -2.91. The molecule has 0 radical (unpaired) electrons. The third-order valence-electron chi connectivity index (χ3n) is 4.65. The second kappa shape index (κ2) is 10.9. The minimum Gasteiger partial charge on any atom is -0.480 e. The molecule has 8 nitrogen and oxygen atoms in total. The lowest BCUT2D eigenvalue weighted by molar-refractivity contribution is -0.139. The van der Waals surface area contributed by atoms with Gasteiger partial charge in [-0.2, -0.15) is 0 Å². The summed E-state index contributed by atoms with van der Waals surface area (Å²) in [6.45, 7) is 0. The molecule has 0 aliphatic carbocycles. The summed E-state index contributed by atoms with van der Waals surface area (Å²) in [5, 5.41) is 18.6. The highest BCUT2D eigenvalue weighted by molar-refractivity contribution is 5.86. The quantitative estimate of drug-likeness (QED) is 0.410. The van der Waals surface area contributed by atoms with Gasteiger partial charge in [0.25, 0.3) is 0 Å². The molecule has 0 saturated heterocycles. The molecular weight excluding hydrogens is 447 g/mol. The summed E-state index contributed by atoms with van der Waals surface area (Å²) in [5.74, 6) is -2.11. The molecule has 0 aliphatic heterocycles. The van der Waals surface area contributed by atoms with Crippen LogP contribution in [0, 0.1) is 0 Å². The molecule has 0 aliphatic rings. The summed E-state index contributed by atoms with van der Waals surface area (Å²) >= 11 is 0. The second-order valence-electron chi connectivity index (χ2n) is 6.72. The number of carboxylic acids is 2. The summed E-state index contributed by atoms with van der Waals surface area (Å²) in [7, 11) is 0. The van der Waals surface area contributed by atoms with Gasteiger partial charge in [-0.25, -0.2) is 0 Å². The molecule has 0 bridgehead atoms. The maximum atomic E-state index is 12.7. The van der Waals surface area contributed by atoms with Gasteiger partial charge >= 0.3 is 11.9 Å². The van der Waals surface area contributed by atoms with Crippen molar-refractivity contribution >= 4 is 47.7 Å². The van der Waals surface area contributed by atoms with E-state index in [-0.39, 0.29) is 54.1 Å². The lowest BCUT2D eigenvalue weighted by Crippen LogP contribution is -2.35. The van der Waals surface area contributed by atoms with Crippen LogP contribution in [-0.2, 0) is 22.4 Å². The number of halogens is 2. The average molecular weight is 469 g/mol. The minimum absolute atomic E-state index is 0. The van der Waals surface area contributed by atoms with Crippen LogP contribution in [0.15, 0.2) is 57.7 Å². The third kappa shape index (κ3) is 5.83. The molecule has 0 amide bonds. The molecule has 1 unspecified atom stereocenters. The van der Waals surface area contributed by atoms with Crippen molar-refractivity contribution in [3.63, 3.8) is 0 Å². The van der Waals surface area contributed by atoms with Gasteiger partial charge in [-0.3, -0.25) is 14.4 Å². The Kier molecular flexibility index (Phi) is 9.20. The summed E-state index contributed by atoms with van der Waals surface area (Å²) in [6.07, 6.45) is -0.207. The van der Waals surface area contributed by atoms with Crippen molar-refractivity contribution in [2.45, 2.75) is 24.9 Å². The van der Waals surface area contributed by atoms with Crippen LogP contribution in [0.5, 0.6) is 0 Å². The fourth-order valence-electron chi connectivity index (χ4n) is 3.11. The Morgan fingerprint density at radius 2 is 1.48 bits per heavy atom. The van der Waals surface area contributed by atoms with E-state index in [9.17, 15) is 19.5 Å².